The van der Waals surface area contributed by atoms with Crippen LogP contribution in [0.4, 0.5) is 11.4 Å². The number of carboxylic acids is 1. The quantitative estimate of drug-likeness (QED) is 0.886. The second kappa shape index (κ2) is 6.06. The second-order valence-corrected chi connectivity index (χ2v) is 7.61. The van der Waals surface area contributed by atoms with Crippen molar-refractivity contribution in [1.82, 2.24) is 0 Å². The van der Waals surface area contributed by atoms with Crippen molar-refractivity contribution < 1.29 is 9.90 Å². The molecule has 1 aliphatic carbocycles. The van der Waals surface area contributed by atoms with Gasteiger partial charge in [0.2, 0.25) is 0 Å². The first-order valence-corrected chi connectivity index (χ1v) is 8.75. The summed E-state index contributed by atoms with van der Waals surface area (Å²) in [5.41, 5.74) is 5.01. The molecular formula is C19H28N2O2. The fourth-order valence-corrected chi connectivity index (χ4v) is 3.97. The zero-order chi connectivity index (χ0) is 16.6. The average Bonchev–Trinajstić information content (AvgIpc) is 2.50. The number of aliphatic carboxylic acids is 1. The molecule has 0 bridgehead atoms. The van der Waals surface area contributed by atoms with Crippen LogP contribution in [0.15, 0.2) is 12.1 Å². The van der Waals surface area contributed by atoms with E-state index in [4.69, 9.17) is 5.11 Å². The first kappa shape index (κ1) is 16.2. The van der Waals surface area contributed by atoms with E-state index < -0.39 is 5.97 Å². The zero-order valence-electron chi connectivity index (χ0n) is 14.5. The molecule has 0 atom stereocenters. The summed E-state index contributed by atoms with van der Waals surface area (Å²) >= 11 is 0. The van der Waals surface area contributed by atoms with Gasteiger partial charge in [-0.3, -0.25) is 4.79 Å². The summed E-state index contributed by atoms with van der Waals surface area (Å²) in [5.74, 6) is 0.0799. The van der Waals surface area contributed by atoms with Crippen LogP contribution in [0.25, 0.3) is 0 Å². The van der Waals surface area contributed by atoms with E-state index >= 15 is 0 Å². The lowest BCUT2D eigenvalue weighted by atomic mass is 9.75. The summed E-state index contributed by atoms with van der Waals surface area (Å²) in [5, 5.41) is 12.9. The molecule has 1 aromatic carbocycles. The molecule has 1 heterocycles. The number of aryl methyl sites for hydroxylation is 2. The molecule has 0 unspecified atom stereocenters. The molecule has 1 aliphatic heterocycles. The number of hydrogen-bond acceptors (Lipinski definition) is 3. The second-order valence-electron chi connectivity index (χ2n) is 7.61. The maximum atomic E-state index is 11.0. The van der Waals surface area contributed by atoms with Crippen LogP contribution in [0.5, 0.6) is 0 Å². The summed E-state index contributed by atoms with van der Waals surface area (Å²) in [6.45, 7) is 8.10. The maximum Gasteiger partial charge on any atom is 0.305 e. The number of nitrogens with zero attached hydrogens (tertiary/aromatic N) is 1. The van der Waals surface area contributed by atoms with Crippen LogP contribution in [0.2, 0.25) is 0 Å². The number of anilines is 2. The lowest BCUT2D eigenvalue weighted by Gasteiger charge is -2.49. The van der Waals surface area contributed by atoms with Crippen LogP contribution in [-0.4, -0.2) is 29.7 Å². The molecule has 1 spiro atoms. The molecular weight excluding hydrogens is 288 g/mol. The van der Waals surface area contributed by atoms with Crippen LogP contribution < -0.4 is 10.2 Å². The standard InChI is InChI=1S/C19H28N2O2/c1-13-4-7-19(8-5-13)12-21(9-6-18(22)23)17-11-15(3)14(2)10-16(17)20-19/h10-11,13,20H,4-9,12H2,1-3H3,(H,22,23). The molecule has 126 valence electrons. The molecule has 1 aromatic rings. The highest BCUT2D eigenvalue weighted by atomic mass is 16.4. The number of hydrogen-bond donors (Lipinski definition) is 2. The number of fused-ring (bicyclic) bond motifs is 1. The molecule has 0 amide bonds. The van der Waals surface area contributed by atoms with Crippen molar-refractivity contribution in [2.24, 2.45) is 5.92 Å². The molecule has 2 aliphatic rings. The molecule has 2 N–H and O–H groups in total. The molecule has 3 rings (SSSR count). The van der Waals surface area contributed by atoms with Crippen LogP contribution in [0.1, 0.15) is 50.2 Å². The van der Waals surface area contributed by atoms with Gasteiger partial charge in [0.1, 0.15) is 0 Å². The number of rotatable bonds is 3. The minimum absolute atomic E-state index is 0.111. The van der Waals surface area contributed by atoms with Crippen LogP contribution in [0, 0.1) is 19.8 Å². The Hall–Kier alpha value is -1.71. The van der Waals surface area contributed by atoms with E-state index in [0.29, 0.717) is 6.54 Å². The minimum Gasteiger partial charge on any atom is -0.481 e. The molecule has 4 nitrogen and oxygen atoms in total. The zero-order valence-corrected chi connectivity index (χ0v) is 14.5. The molecule has 1 fully saturated rings. The van der Waals surface area contributed by atoms with E-state index in [1.54, 1.807) is 0 Å². The highest BCUT2D eigenvalue weighted by Crippen LogP contribution is 2.43. The highest BCUT2D eigenvalue weighted by Gasteiger charge is 2.39. The van der Waals surface area contributed by atoms with Gasteiger partial charge < -0.3 is 15.3 Å². The van der Waals surface area contributed by atoms with Gasteiger partial charge in [0.05, 0.1) is 23.3 Å². The summed E-state index contributed by atoms with van der Waals surface area (Å²) < 4.78 is 0. The Balaban J connectivity index is 1.92. The fraction of sp³-hybridized carbons (Fsp3) is 0.632. The third-order valence-corrected chi connectivity index (χ3v) is 5.67. The van der Waals surface area contributed by atoms with Crippen molar-refractivity contribution in [3.63, 3.8) is 0 Å². The first-order chi connectivity index (χ1) is 10.9. The van der Waals surface area contributed by atoms with Gasteiger partial charge in [-0.15, -0.1) is 0 Å². The Labute approximate surface area is 138 Å². The molecule has 0 saturated heterocycles. The molecule has 4 heteroatoms. The Morgan fingerprint density at radius 3 is 2.61 bits per heavy atom. The van der Waals surface area contributed by atoms with Gasteiger partial charge in [-0.2, -0.15) is 0 Å². The van der Waals surface area contributed by atoms with Gasteiger partial charge in [0.15, 0.2) is 0 Å². The normalized spacial score (nSPS) is 26.7. The monoisotopic (exact) mass is 316 g/mol. The predicted molar refractivity (Wildman–Crippen MR) is 94.4 cm³/mol. The molecule has 0 aromatic heterocycles. The van der Waals surface area contributed by atoms with Gasteiger partial charge in [-0.25, -0.2) is 0 Å². The average molecular weight is 316 g/mol. The van der Waals surface area contributed by atoms with E-state index in [0.717, 1.165) is 12.5 Å². The fourth-order valence-electron chi connectivity index (χ4n) is 3.97. The number of carboxylic acid groups (broad SMARTS) is 1. The van der Waals surface area contributed by atoms with Gasteiger partial charge >= 0.3 is 5.97 Å². The van der Waals surface area contributed by atoms with Crippen molar-refractivity contribution in [3.8, 4) is 0 Å². The third kappa shape index (κ3) is 3.31. The molecule has 23 heavy (non-hydrogen) atoms. The van der Waals surface area contributed by atoms with Gasteiger partial charge in [0, 0.05) is 13.1 Å². The van der Waals surface area contributed by atoms with Crippen LogP contribution >= 0.6 is 0 Å². The van der Waals surface area contributed by atoms with Crippen LogP contribution in [0.3, 0.4) is 0 Å². The Bertz CT molecular complexity index is 604. The van der Waals surface area contributed by atoms with E-state index in [-0.39, 0.29) is 12.0 Å². The summed E-state index contributed by atoms with van der Waals surface area (Å²) in [6.07, 6.45) is 5.03. The minimum atomic E-state index is -0.722. The Morgan fingerprint density at radius 2 is 1.96 bits per heavy atom. The van der Waals surface area contributed by atoms with Crippen LogP contribution in [-0.2, 0) is 4.79 Å². The maximum absolute atomic E-state index is 11.0. The van der Waals surface area contributed by atoms with Crippen molar-refractivity contribution in [1.29, 1.82) is 0 Å². The number of benzene rings is 1. The summed E-state index contributed by atoms with van der Waals surface area (Å²) in [7, 11) is 0. The topological polar surface area (TPSA) is 52.6 Å². The molecule has 1 saturated carbocycles. The SMILES string of the molecule is Cc1cc2c(cc1C)N(CCC(=O)O)CC1(CCC(C)CC1)N2. The summed E-state index contributed by atoms with van der Waals surface area (Å²) in [4.78, 5) is 13.3. The van der Waals surface area contributed by atoms with E-state index in [1.165, 1.54) is 48.2 Å². The highest BCUT2D eigenvalue weighted by molar-refractivity contribution is 5.76. The Kier molecular flexibility index (Phi) is 4.26. The largest absolute Gasteiger partial charge is 0.481 e. The van der Waals surface area contributed by atoms with Gasteiger partial charge in [-0.05, 0) is 68.7 Å². The summed E-state index contributed by atoms with van der Waals surface area (Å²) in [6, 6.07) is 4.44. The smallest absolute Gasteiger partial charge is 0.305 e. The molecule has 0 radical (unpaired) electrons. The lowest BCUT2D eigenvalue weighted by Crippen LogP contribution is -2.54. The van der Waals surface area contributed by atoms with E-state index in [9.17, 15) is 4.79 Å². The van der Waals surface area contributed by atoms with Gasteiger partial charge in [-0.1, -0.05) is 6.92 Å². The first-order valence-electron chi connectivity index (χ1n) is 8.75. The van der Waals surface area contributed by atoms with Crippen molar-refractivity contribution >= 4 is 17.3 Å². The van der Waals surface area contributed by atoms with Crippen molar-refractivity contribution in [3.05, 3.63) is 23.3 Å². The number of carbonyl (C=O) groups is 1. The number of nitrogens with one attached hydrogen (secondary N) is 1. The van der Waals surface area contributed by atoms with Gasteiger partial charge in [0.25, 0.3) is 0 Å². The van der Waals surface area contributed by atoms with E-state index in [1.807, 2.05) is 0 Å². The van der Waals surface area contributed by atoms with Crippen molar-refractivity contribution in [2.75, 3.05) is 23.3 Å². The van der Waals surface area contributed by atoms with E-state index in [2.05, 4.69) is 43.1 Å². The van der Waals surface area contributed by atoms with Crippen molar-refractivity contribution in [2.45, 2.75) is 58.4 Å². The predicted octanol–water partition coefficient (Wildman–Crippen LogP) is 3.96. The lowest BCUT2D eigenvalue weighted by molar-refractivity contribution is -0.136. The Morgan fingerprint density at radius 1 is 1.30 bits per heavy atom. The third-order valence-electron chi connectivity index (χ3n) is 5.67.